The number of nitrogens with one attached hydrogen (secondary N) is 1. The third-order valence-corrected chi connectivity index (χ3v) is 6.78. The van der Waals surface area contributed by atoms with Crippen molar-refractivity contribution in [2.45, 2.75) is 46.7 Å². The minimum Gasteiger partial charge on any atom is -0.354 e. The number of halogens is 1. The molecular formula is C25H34ClN3O4S. The van der Waals surface area contributed by atoms with Crippen molar-refractivity contribution in [2.75, 3.05) is 23.7 Å². The van der Waals surface area contributed by atoms with Crippen LogP contribution in [0.2, 0.25) is 5.02 Å². The van der Waals surface area contributed by atoms with E-state index in [1.807, 2.05) is 39.0 Å². The van der Waals surface area contributed by atoms with Gasteiger partial charge in [0.1, 0.15) is 12.6 Å². The van der Waals surface area contributed by atoms with Crippen molar-refractivity contribution < 1.29 is 18.0 Å². The molecule has 0 aliphatic heterocycles. The lowest BCUT2D eigenvalue weighted by molar-refractivity contribution is -0.139. The molecular weight excluding hydrogens is 474 g/mol. The van der Waals surface area contributed by atoms with Gasteiger partial charge in [-0.25, -0.2) is 8.42 Å². The number of benzene rings is 2. The zero-order chi connectivity index (χ0) is 25.5. The number of hydrogen-bond donors (Lipinski definition) is 1. The number of rotatable bonds is 11. The molecule has 0 saturated heterocycles. The predicted octanol–water partition coefficient (Wildman–Crippen LogP) is 3.86. The van der Waals surface area contributed by atoms with Crippen LogP contribution in [0.25, 0.3) is 0 Å². The molecule has 2 aromatic carbocycles. The highest BCUT2D eigenvalue weighted by Crippen LogP contribution is 2.20. The maximum atomic E-state index is 13.5. The molecule has 1 N–H and O–H groups in total. The van der Waals surface area contributed by atoms with Gasteiger partial charge in [-0.15, -0.1) is 0 Å². The first-order valence-electron chi connectivity index (χ1n) is 11.3. The highest BCUT2D eigenvalue weighted by atomic mass is 35.5. The number of hydrogen-bond acceptors (Lipinski definition) is 4. The molecule has 1 unspecified atom stereocenters. The maximum Gasteiger partial charge on any atom is 0.244 e. The molecule has 0 aliphatic rings. The Bertz CT molecular complexity index is 1090. The molecule has 2 aromatic rings. The van der Waals surface area contributed by atoms with Gasteiger partial charge >= 0.3 is 0 Å². The van der Waals surface area contributed by atoms with Crippen molar-refractivity contribution in [1.82, 2.24) is 10.2 Å². The lowest BCUT2D eigenvalue weighted by atomic mass is 10.1. The quantitative estimate of drug-likeness (QED) is 0.500. The van der Waals surface area contributed by atoms with Crippen LogP contribution in [0.4, 0.5) is 5.69 Å². The van der Waals surface area contributed by atoms with Crippen LogP contribution >= 0.6 is 11.6 Å². The first-order valence-corrected chi connectivity index (χ1v) is 13.5. The van der Waals surface area contributed by atoms with E-state index >= 15 is 0 Å². The van der Waals surface area contributed by atoms with Crippen LogP contribution in [0.1, 0.15) is 38.8 Å². The average molecular weight is 508 g/mol. The Morgan fingerprint density at radius 1 is 1.03 bits per heavy atom. The number of amides is 2. The Kier molecular flexibility index (Phi) is 9.94. The number of sulfonamides is 1. The largest absolute Gasteiger partial charge is 0.354 e. The van der Waals surface area contributed by atoms with Crippen molar-refractivity contribution in [3.63, 3.8) is 0 Å². The summed E-state index contributed by atoms with van der Waals surface area (Å²) in [6, 6.07) is 13.3. The Balaban J connectivity index is 2.35. The number of nitrogens with zero attached hydrogens (tertiary/aromatic N) is 2. The molecule has 0 saturated carbocycles. The Morgan fingerprint density at radius 2 is 1.68 bits per heavy atom. The van der Waals surface area contributed by atoms with Crippen molar-refractivity contribution in [1.29, 1.82) is 0 Å². The van der Waals surface area contributed by atoms with E-state index < -0.39 is 28.5 Å². The second kappa shape index (κ2) is 12.2. The molecule has 0 bridgehead atoms. The van der Waals surface area contributed by atoms with Crippen molar-refractivity contribution in [2.24, 2.45) is 5.92 Å². The number of aryl methyl sites for hydroxylation is 1. The van der Waals surface area contributed by atoms with Crippen LogP contribution in [0.3, 0.4) is 0 Å². The highest BCUT2D eigenvalue weighted by Gasteiger charge is 2.30. The fourth-order valence-electron chi connectivity index (χ4n) is 3.38. The smallest absolute Gasteiger partial charge is 0.244 e. The molecule has 0 aromatic heterocycles. The molecule has 0 heterocycles. The van der Waals surface area contributed by atoms with Crippen LogP contribution < -0.4 is 9.62 Å². The molecule has 34 heavy (non-hydrogen) atoms. The van der Waals surface area contributed by atoms with E-state index in [0.717, 1.165) is 28.1 Å². The fraction of sp³-hybridized carbons (Fsp3) is 0.440. The highest BCUT2D eigenvalue weighted by molar-refractivity contribution is 7.92. The average Bonchev–Trinajstić information content (AvgIpc) is 2.78. The van der Waals surface area contributed by atoms with Gasteiger partial charge in [-0.1, -0.05) is 56.6 Å². The molecule has 2 rings (SSSR count). The van der Waals surface area contributed by atoms with Gasteiger partial charge in [0.2, 0.25) is 21.8 Å². The Morgan fingerprint density at radius 3 is 2.21 bits per heavy atom. The molecule has 9 heteroatoms. The Hall–Kier alpha value is -2.58. The molecule has 2 amide bonds. The zero-order valence-electron chi connectivity index (χ0n) is 20.4. The molecule has 7 nitrogen and oxygen atoms in total. The molecule has 0 fully saturated rings. The third-order valence-electron chi connectivity index (χ3n) is 5.41. The van der Waals surface area contributed by atoms with E-state index in [0.29, 0.717) is 17.3 Å². The minimum absolute atomic E-state index is 0.113. The molecule has 0 spiro atoms. The summed E-state index contributed by atoms with van der Waals surface area (Å²) in [5.41, 5.74) is 2.19. The summed E-state index contributed by atoms with van der Waals surface area (Å²) < 4.78 is 26.2. The van der Waals surface area contributed by atoms with E-state index in [1.165, 1.54) is 4.90 Å². The number of anilines is 1. The number of carbonyl (C=O) groups is 2. The molecule has 0 aliphatic carbocycles. The van der Waals surface area contributed by atoms with Gasteiger partial charge in [-0.2, -0.15) is 0 Å². The normalized spacial score (nSPS) is 12.3. The van der Waals surface area contributed by atoms with E-state index in [-0.39, 0.29) is 18.4 Å². The summed E-state index contributed by atoms with van der Waals surface area (Å²) in [4.78, 5) is 27.7. The van der Waals surface area contributed by atoms with E-state index in [2.05, 4.69) is 5.32 Å². The second-order valence-electron chi connectivity index (χ2n) is 8.76. The zero-order valence-corrected chi connectivity index (χ0v) is 22.0. The lowest BCUT2D eigenvalue weighted by Gasteiger charge is -2.31. The first kappa shape index (κ1) is 27.7. The maximum absolute atomic E-state index is 13.5. The summed E-state index contributed by atoms with van der Waals surface area (Å²) in [6.07, 6.45) is 1.88. The van der Waals surface area contributed by atoms with Crippen molar-refractivity contribution in [3.8, 4) is 0 Å². The Labute approximate surface area is 208 Å². The summed E-state index contributed by atoms with van der Waals surface area (Å²) in [5.74, 6) is -0.542. The summed E-state index contributed by atoms with van der Waals surface area (Å²) >= 11 is 6.11. The van der Waals surface area contributed by atoms with Gasteiger partial charge < -0.3 is 10.2 Å². The van der Waals surface area contributed by atoms with E-state index in [1.54, 1.807) is 37.3 Å². The van der Waals surface area contributed by atoms with Gasteiger partial charge in [0.25, 0.3) is 0 Å². The van der Waals surface area contributed by atoms with Crippen molar-refractivity contribution >= 4 is 39.1 Å². The fourth-order valence-corrected chi connectivity index (χ4v) is 4.44. The van der Waals surface area contributed by atoms with Gasteiger partial charge in [0.15, 0.2) is 0 Å². The van der Waals surface area contributed by atoms with E-state index in [4.69, 9.17) is 11.6 Å². The van der Waals surface area contributed by atoms with Crippen LogP contribution in [0.15, 0.2) is 48.5 Å². The molecule has 1 atom stereocenters. The van der Waals surface area contributed by atoms with Gasteiger partial charge in [0, 0.05) is 18.1 Å². The van der Waals surface area contributed by atoms with Gasteiger partial charge in [-0.05, 0) is 54.7 Å². The number of carbonyl (C=O) groups excluding carboxylic acids is 2. The van der Waals surface area contributed by atoms with Crippen LogP contribution in [0.5, 0.6) is 0 Å². The van der Waals surface area contributed by atoms with Gasteiger partial charge in [0.05, 0.1) is 11.9 Å². The first-order chi connectivity index (χ1) is 15.9. The predicted molar refractivity (Wildman–Crippen MR) is 137 cm³/mol. The SMILES string of the molecule is CCc1ccc(N(CC(=O)N(Cc2cccc(Cl)c2)C(C)C(=O)NCC(C)C)S(C)(=O)=O)cc1. The van der Waals surface area contributed by atoms with Crippen molar-refractivity contribution in [3.05, 3.63) is 64.7 Å². The minimum atomic E-state index is -3.75. The van der Waals surface area contributed by atoms with Crippen LogP contribution in [0, 0.1) is 5.92 Å². The third kappa shape index (κ3) is 8.02. The standard InChI is InChI=1S/C25H34ClN3O4S/c1-6-20-10-12-23(13-11-20)29(34(5,32)33)17-24(30)28(16-21-8-7-9-22(26)14-21)19(4)25(31)27-15-18(2)3/h7-14,18-19H,6,15-17H2,1-5H3,(H,27,31). The second-order valence-corrected chi connectivity index (χ2v) is 11.1. The van der Waals surface area contributed by atoms with E-state index in [9.17, 15) is 18.0 Å². The van der Waals surface area contributed by atoms with Crippen LogP contribution in [-0.2, 0) is 32.6 Å². The molecule has 186 valence electrons. The summed E-state index contributed by atoms with van der Waals surface area (Å²) in [6.45, 7) is 7.77. The summed E-state index contributed by atoms with van der Waals surface area (Å²) in [5, 5.41) is 3.36. The monoisotopic (exact) mass is 507 g/mol. The molecule has 0 radical (unpaired) electrons. The topological polar surface area (TPSA) is 86.8 Å². The van der Waals surface area contributed by atoms with Crippen LogP contribution in [-0.4, -0.2) is 50.5 Å². The lowest BCUT2D eigenvalue weighted by Crippen LogP contribution is -2.51. The summed E-state index contributed by atoms with van der Waals surface area (Å²) in [7, 11) is -3.75. The van der Waals surface area contributed by atoms with Gasteiger partial charge in [-0.3, -0.25) is 13.9 Å².